The van der Waals surface area contributed by atoms with E-state index in [-0.39, 0.29) is 21.9 Å². The first-order chi connectivity index (χ1) is 8.61. The van der Waals surface area contributed by atoms with Crippen molar-refractivity contribution in [2.45, 2.75) is 0 Å². The summed E-state index contributed by atoms with van der Waals surface area (Å²) in [5.41, 5.74) is 0. The van der Waals surface area contributed by atoms with Crippen LogP contribution in [0.25, 0.3) is 0 Å². The summed E-state index contributed by atoms with van der Waals surface area (Å²) in [4.78, 5) is 19.9. The Morgan fingerprint density at radius 3 is 2.89 bits per heavy atom. The molecule has 0 saturated carbocycles. The Balaban J connectivity index is 2.18. The van der Waals surface area contributed by atoms with E-state index in [0.29, 0.717) is 10.6 Å². The van der Waals surface area contributed by atoms with Gasteiger partial charge in [-0.25, -0.2) is 9.97 Å². The molecule has 0 aliphatic carbocycles. The summed E-state index contributed by atoms with van der Waals surface area (Å²) < 4.78 is 5.00. The zero-order chi connectivity index (χ0) is 13.1. The van der Waals surface area contributed by atoms with Crippen molar-refractivity contribution < 1.29 is 9.53 Å². The molecule has 0 atom stereocenters. The average Bonchev–Trinajstić information content (AvgIpc) is 2.83. The summed E-state index contributed by atoms with van der Waals surface area (Å²) in [6, 6.07) is 1.62. The van der Waals surface area contributed by atoms with Gasteiger partial charge in [0.15, 0.2) is 11.0 Å². The summed E-state index contributed by atoms with van der Waals surface area (Å²) in [6.45, 7) is 0. The maximum absolute atomic E-state index is 11.9. The highest BCUT2D eigenvalue weighted by Crippen LogP contribution is 2.27. The Bertz CT molecular complexity index is 588. The van der Waals surface area contributed by atoms with E-state index in [2.05, 4.69) is 15.3 Å². The van der Waals surface area contributed by atoms with E-state index in [4.69, 9.17) is 27.9 Å². The normalized spacial score (nSPS) is 10.2. The van der Waals surface area contributed by atoms with Gasteiger partial charge in [0, 0.05) is 11.4 Å². The van der Waals surface area contributed by atoms with Crippen molar-refractivity contribution in [3.63, 3.8) is 0 Å². The van der Waals surface area contributed by atoms with Gasteiger partial charge in [-0.15, -0.1) is 11.3 Å². The zero-order valence-corrected chi connectivity index (χ0v) is 11.4. The van der Waals surface area contributed by atoms with Crippen molar-refractivity contribution in [3.8, 4) is 5.75 Å². The van der Waals surface area contributed by atoms with Crippen LogP contribution >= 0.6 is 34.5 Å². The second kappa shape index (κ2) is 5.51. The lowest BCUT2D eigenvalue weighted by Crippen LogP contribution is -2.12. The number of hydrogen-bond acceptors (Lipinski definition) is 5. The number of thiophene rings is 1. The van der Waals surface area contributed by atoms with Gasteiger partial charge in [-0.1, -0.05) is 23.2 Å². The third-order valence-electron chi connectivity index (χ3n) is 2.01. The molecule has 1 amide bonds. The number of hydrogen-bond donors (Lipinski definition) is 1. The van der Waals surface area contributed by atoms with E-state index in [1.54, 1.807) is 11.4 Å². The van der Waals surface area contributed by atoms with E-state index in [1.807, 2.05) is 0 Å². The highest BCUT2D eigenvalue weighted by Gasteiger charge is 2.14. The first-order valence-corrected chi connectivity index (χ1v) is 6.35. The lowest BCUT2D eigenvalue weighted by Gasteiger charge is -2.04. The fourth-order valence-corrected chi connectivity index (χ4v) is 2.18. The summed E-state index contributed by atoms with van der Waals surface area (Å²) in [5, 5.41) is 4.47. The van der Waals surface area contributed by atoms with Crippen molar-refractivity contribution in [1.82, 2.24) is 9.97 Å². The Kier molecular flexibility index (Phi) is 4.00. The summed E-state index contributed by atoms with van der Waals surface area (Å²) >= 11 is 12.8. The maximum atomic E-state index is 11.9. The van der Waals surface area contributed by atoms with Crippen molar-refractivity contribution in [3.05, 3.63) is 32.8 Å². The number of ether oxygens (including phenoxy) is 1. The molecule has 0 aliphatic rings. The van der Waals surface area contributed by atoms with Crippen LogP contribution in [0.5, 0.6) is 5.75 Å². The van der Waals surface area contributed by atoms with Crippen LogP contribution in [0, 0.1) is 0 Å². The van der Waals surface area contributed by atoms with Crippen molar-refractivity contribution in [2.75, 3.05) is 12.4 Å². The molecule has 94 valence electrons. The molecular weight excluding hydrogens is 297 g/mol. The third-order valence-corrected chi connectivity index (χ3v) is 3.66. The number of halogens is 2. The van der Waals surface area contributed by atoms with Crippen molar-refractivity contribution in [2.24, 2.45) is 0 Å². The van der Waals surface area contributed by atoms with Crippen molar-refractivity contribution in [1.29, 1.82) is 0 Å². The van der Waals surface area contributed by atoms with Gasteiger partial charge in [0.05, 0.1) is 12.0 Å². The van der Waals surface area contributed by atoms with Crippen LogP contribution < -0.4 is 10.1 Å². The number of nitrogens with one attached hydrogen (secondary N) is 1. The Labute approximate surface area is 117 Å². The monoisotopic (exact) mass is 303 g/mol. The molecule has 0 aromatic carbocycles. The number of methoxy groups -OCH3 is 1. The van der Waals surface area contributed by atoms with E-state index in [0.717, 1.165) is 0 Å². The molecular formula is C10H7Cl2N3O2S. The molecule has 0 fully saturated rings. The molecule has 0 spiro atoms. The van der Waals surface area contributed by atoms with E-state index in [9.17, 15) is 4.79 Å². The second-order valence-corrected chi connectivity index (χ2v) is 4.78. The van der Waals surface area contributed by atoms with Crippen LogP contribution in [0.4, 0.5) is 5.82 Å². The van der Waals surface area contributed by atoms with Crippen LogP contribution in [-0.4, -0.2) is 23.0 Å². The van der Waals surface area contributed by atoms with Gasteiger partial charge in [0.25, 0.3) is 5.91 Å². The minimum absolute atomic E-state index is 0.0886. The Morgan fingerprint density at radius 2 is 2.22 bits per heavy atom. The van der Waals surface area contributed by atoms with Gasteiger partial charge in [-0.3, -0.25) is 4.79 Å². The molecule has 2 rings (SSSR count). The number of carbonyl (C=O) groups excluding carboxylic acids is 1. The summed E-state index contributed by atoms with van der Waals surface area (Å²) in [7, 11) is 1.53. The van der Waals surface area contributed by atoms with Crippen LogP contribution in [0.15, 0.2) is 17.8 Å². The fourth-order valence-electron chi connectivity index (χ4n) is 1.15. The largest absolute Gasteiger partial charge is 0.496 e. The first kappa shape index (κ1) is 13.1. The van der Waals surface area contributed by atoms with Crippen molar-refractivity contribution >= 4 is 46.3 Å². The number of nitrogens with zero attached hydrogens (tertiary/aromatic N) is 2. The summed E-state index contributed by atoms with van der Waals surface area (Å²) in [6.07, 6.45) is 1.22. The molecule has 8 heteroatoms. The SMILES string of the molecule is COc1csc(C(=O)Nc2ncnc(Cl)c2Cl)c1. The number of aromatic nitrogens is 2. The van der Waals surface area contributed by atoms with E-state index >= 15 is 0 Å². The molecule has 2 aromatic rings. The minimum atomic E-state index is -0.333. The van der Waals surface area contributed by atoms with Gasteiger partial charge in [-0.2, -0.15) is 0 Å². The number of amides is 1. The standard InChI is InChI=1S/C10H7Cl2N3O2S/c1-17-5-2-6(18-3-5)10(16)15-9-7(11)8(12)13-4-14-9/h2-4H,1H3,(H,13,14,15,16). The smallest absolute Gasteiger partial charge is 0.267 e. The minimum Gasteiger partial charge on any atom is -0.496 e. The Morgan fingerprint density at radius 1 is 1.44 bits per heavy atom. The number of carbonyl (C=O) groups is 1. The van der Waals surface area contributed by atoms with E-state index in [1.165, 1.54) is 24.8 Å². The molecule has 1 N–H and O–H groups in total. The molecule has 2 aromatic heterocycles. The van der Waals surface area contributed by atoms with Crippen LogP contribution in [-0.2, 0) is 0 Å². The third kappa shape index (κ3) is 2.72. The highest BCUT2D eigenvalue weighted by atomic mass is 35.5. The number of rotatable bonds is 3. The Hall–Kier alpha value is -1.37. The molecule has 0 unspecified atom stereocenters. The molecule has 0 bridgehead atoms. The lowest BCUT2D eigenvalue weighted by atomic mass is 10.4. The molecule has 0 aliphatic heterocycles. The molecule has 0 radical (unpaired) electrons. The predicted molar refractivity (Wildman–Crippen MR) is 70.9 cm³/mol. The quantitative estimate of drug-likeness (QED) is 0.885. The lowest BCUT2D eigenvalue weighted by molar-refractivity contribution is 0.103. The molecule has 5 nitrogen and oxygen atoms in total. The van der Waals surface area contributed by atoms with Gasteiger partial charge < -0.3 is 10.1 Å². The van der Waals surface area contributed by atoms with Gasteiger partial charge >= 0.3 is 0 Å². The van der Waals surface area contributed by atoms with E-state index < -0.39 is 0 Å². The molecule has 2 heterocycles. The maximum Gasteiger partial charge on any atom is 0.267 e. The molecule has 18 heavy (non-hydrogen) atoms. The topological polar surface area (TPSA) is 64.1 Å². The summed E-state index contributed by atoms with van der Waals surface area (Å²) in [5.74, 6) is 0.464. The first-order valence-electron chi connectivity index (χ1n) is 4.71. The zero-order valence-electron chi connectivity index (χ0n) is 9.11. The average molecular weight is 304 g/mol. The second-order valence-electron chi connectivity index (χ2n) is 3.13. The highest BCUT2D eigenvalue weighted by molar-refractivity contribution is 7.12. The van der Waals surface area contributed by atoms with Gasteiger partial charge in [-0.05, 0) is 0 Å². The van der Waals surface area contributed by atoms with Crippen LogP contribution in [0.1, 0.15) is 9.67 Å². The van der Waals surface area contributed by atoms with Gasteiger partial charge in [0.1, 0.15) is 17.1 Å². The number of anilines is 1. The predicted octanol–water partition coefficient (Wildman–Crippen LogP) is 3.11. The van der Waals surface area contributed by atoms with Crippen LogP contribution in [0.2, 0.25) is 10.2 Å². The van der Waals surface area contributed by atoms with Gasteiger partial charge in [0.2, 0.25) is 0 Å². The van der Waals surface area contributed by atoms with Crippen LogP contribution in [0.3, 0.4) is 0 Å². The molecule has 0 saturated heterocycles. The fraction of sp³-hybridized carbons (Fsp3) is 0.100.